The second kappa shape index (κ2) is 8.34. The fourth-order valence-electron chi connectivity index (χ4n) is 3.00. The summed E-state index contributed by atoms with van der Waals surface area (Å²) in [5.41, 5.74) is 1.46. The molecule has 1 aromatic carbocycles. The van der Waals surface area contributed by atoms with Crippen LogP contribution in [-0.2, 0) is 0 Å². The molecule has 1 N–H and O–H groups in total. The summed E-state index contributed by atoms with van der Waals surface area (Å²) in [5.74, 6) is 0. The number of likely N-dealkylation sites (N-methyl/N-ethyl adjacent to an activating group) is 1. The third-order valence-corrected chi connectivity index (χ3v) is 4.10. The van der Waals surface area contributed by atoms with E-state index in [2.05, 4.69) is 47.5 Å². The van der Waals surface area contributed by atoms with Crippen molar-refractivity contribution in [2.45, 2.75) is 45.1 Å². The molecular formula is C17H28N2. The highest BCUT2D eigenvalue weighted by Gasteiger charge is 2.20. The van der Waals surface area contributed by atoms with Crippen molar-refractivity contribution >= 4 is 0 Å². The van der Waals surface area contributed by atoms with Crippen molar-refractivity contribution in [2.75, 3.05) is 26.2 Å². The van der Waals surface area contributed by atoms with E-state index in [1.807, 2.05) is 0 Å². The number of nitrogens with one attached hydrogen (secondary N) is 1. The van der Waals surface area contributed by atoms with E-state index in [0.29, 0.717) is 6.04 Å². The lowest BCUT2D eigenvalue weighted by Crippen LogP contribution is -2.37. The van der Waals surface area contributed by atoms with Crippen LogP contribution in [0.1, 0.15) is 50.6 Å². The average molecular weight is 260 g/mol. The van der Waals surface area contributed by atoms with Gasteiger partial charge < -0.3 is 5.32 Å². The summed E-state index contributed by atoms with van der Waals surface area (Å²) in [4.78, 5) is 2.69. The van der Waals surface area contributed by atoms with Crippen molar-refractivity contribution in [3.05, 3.63) is 35.9 Å². The van der Waals surface area contributed by atoms with E-state index >= 15 is 0 Å². The first-order chi connectivity index (χ1) is 9.42. The minimum Gasteiger partial charge on any atom is -0.315 e. The maximum absolute atomic E-state index is 3.54. The van der Waals surface area contributed by atoms with Gasteiger partial charge in [-0.05, 0) is 38.0 Å². The van der Waals surface area contributed by atoms with Gasteiger partial charge in [0, 0.05) is 12.6 Å². The van der Waals surface area contributed by atoms with Crippen LogP contribution in [0.15, 0.2) is 30.3 Å². The normalized spacial score (nSPS) is 19.6. The summed E-state index contributed by atoms with van der Waals surface area (Å²) in [6, 6.07) is 11.5. The largest absolute Gasteiger partial charge is 0.315 e. The molecule has 0 aliphatic carbocycles. The Labute approximate surface area is 118 Å². The summed E-state index contributed by atoms with van der Waals surface area (Å²) < 4.78 is 0. The van der Waals surface area contributed by atoms with E-state index < -0.39 is 0 Å². The maximum Gasteiger partial charge on any atom is 0.0472 e. The van der Waals surface area contributed by atoms with E-state index in [0.717, 1.165) is 13.1 Å². The molecule has 1 fully saturated rings. The molecule has 1 saturated heterocycles. The molecule has 19 heavy (non-hydrogen) atoms. The fraction of sp³-hybridized carbons (Fsp3) is 0.647. The molecule has 0 bridgehead atoms. The fourth-order valence-corrected chi connectivity index (χ4v) is 3.00. The summed E-state index contributed by atoms with van der Waals surface area (Å²) in [6.07, 6.45) is 6.94. The smallest absolute Gasteiger partial charge is 0.0472 e. The van der Waals surface area contributed by atoms with Crippen LogP contribution in [0.2, 0.25) is 0 Å². The SMILES string of the molecule is CCNCC(c1ccccc1)N1CCCCCCC1. The van der Waals surface area contributed by atoms with Crippen molar-refractivity contribution in [1.82, 2.24) is 10.2 Å². The zero-order chi connectivity index (χ0) is 13.3. The summed E-state index contributed by atoms with van der Waals surface area (Å²) in [5, 5.41) is 3.54. The molecule has 1 atom stereocenters. The van der Waals surface area contributed by atoms with Crippen LogP contribution in [0.25, 0.3) is 0 Å². The number of hydrogen-bond acceptors (Lipinski definition) is 2. The highest BCUT2D eigenvalue weighted by molar-refractivity contribution is 5.19. The Balaban J connectivity index is 2.06. The molecule has 1 aliphatic rings. The van der Waals surface area contributed by atoms with Crippen molar-refractivity contribution in [1.29, 1.82) is 0 Å². The molecule has 1 aromatic rings. The van der Waals surface area contributed by atoms with Crippen LogP contribution in [0.5, 0.6) is 0 Å². The first kappa shape index (κ1) is 14.5. The van der Waals surface area contributed by atoms with Gasteiger partial charge in [0.05, 0.1) is 0 Å². The predicted molar refractivity (Wildman–Crippen MR) is 82.4 cm³/mol. The molecular weight excluding hydrogens is 232 g/mol. The zero-order valence-electron chi connectivity index (χ0n) is 12.3. The van der Waals surface area contributed by atoms with Crippen LogP contribution >= 0.6 is 0 Å². The maximum atomic E-state index is 3.54. The van der Waals surface area contributed by atoms with Crippen LogP contribution in [0.3, 0.4) is 0 Å². The van der Waals surface area contributed by atoms with Crippen LogP contribution in [-0.4, -0.2) is 31.1 Å². The van der Waals surface area contributed by atoms with Gasteiger partial charge in [0.2, 0.25) is 0 Å². The lowest BCUT2D eigenvalue weighted by molar-refractivity contribution is 0.176. The standard InChI is InChI=1S/C17H28N2/c1-2-18-15-17(16-11-7-6-8-12-16)19-13-9-4-3-5-10-14-19/h6-8,11-12,17-18H,2-5,9-10,13-15H2,1H3. The number of rotatable bonds is 5. The van der Waals surface area contributed by atoms with Crippen LogP contribution in [0.4, 0.5) is 0 Å². The summed E-state index contributed by atoms with van der Waals surface area (Å²) >= 11 is 0. The Kier molecular flexibility index (Phi) is 6.38. The Morgan fingerprint density at radius 3 is 2.26 bits per heavy atom. The Morgan fingerprint density at radius 2 is 1.63 bits per heavy atom. The van der Waals surface area contributed by atoms with Crippen LogP contribution < -0.4 is 5.32 Å². The minimum absolute atomic E-state index is 0.541. The second-order valence-corrected chi connectivity index (χ2v) is 5.54. The lowest BCUT2D eigenvalue weighted by Gasteiger charge is -2.33. The Hall–Kier alpha value is -0.860. The number of benzene rings is 1. The highest BCUT2D eigenvalue weighted by Crippen LogP contribution is 2.23. The van der Waals surface area contributed by atoms with E-state index in [-0.39, 0.29) is 0 Å². The molecule has 1 heterocycles. The molecule has 1 aliphatic heterocycles. The zero-order valence-corrected chi connectivity index (χ0v) is 12.3. The van der Waals surface area contributed by atoms with Gasteiger partial charge in [-0.25, -0.2) is 0 Å². The Morgan fingerprint density at radius 1 is 1.00 bits per heavy atom. The molecule has 2 heteroatoms. The first-order valence-corrected chi connectivity index (χ1v) is 7.91. The highest BCUT2D eigenvalue weighted by atomic mass is 15.2. The minimum atomic E-state index is 0.541. The summed E-state index contributed by atoms with van der Waals surface area (Å²) in [6.45, 7) is 6.82. The lowest BCUT2D eigenvalue weighted by atomic mass is 10.0. The van der Waals surface area contributed by atoms with Crippen LogP contribution in [0, 0.1) is 0 Å². The van der Waals surface area contributed by atoms with Gasteiger partial charge in [0.15, 0.2) is 0 Å². The van der Waals surface area contributed by atoms with Crippen molar-refractivity contribution in [2.24, 2.45) is 0 Å². The van der Waals surface area contributed by atoms with Gasteiger partial charge >= 0.3 is 0 Å². The average Bonchev–Trinajstić information content (AvgIpc) is 2.42. The van der Waals surface area contributed by atoms with Gasteiger partial charge in [0.1, 0.15) is 0 Å². The molecule has 0 aromatic heterocycles. The second-order valence-electron chi connectivity index (χ2n) is 5.54. The molecule has 2 rings (SSSR count). The molecule has 0 saturated carbocycles. The van der Waals surface area contributed by atoms with Gasteiger partial charge in [-0.15, -0.1) is 0 Å². The van der Waals surface area contributed by atoms with E-state index in [9.17, 15) is 0 Å². The van der Waals surface area contributed by atoms with Gasteiger partial charge in [-0.1, -0.05) is 56.5 Å². The van der Waals surface area contributed by atoms with Gasteiger partial charge in [0.25, 0.3) is 0 Å². The third kappa shape index (κ3) is 4.63. The molecule has 0 radical (unpaired) electrons. The van der Waals surface area contributed by atoms with Crippen molar-refractivity contribution in [3.8, 4) is 0 Å². The predicted octanol–water partition coefficient (Wildman–Crippen LogP) is 3.60. The van der Waals surface area contributed by atoms with Gasteiger partial charge in [-0.3, -0.25) is 4.90 Å². The molecule has 1 unspecified atom stereocenters. The van der Waals surface area contributed by atoms with Crippen molar-refractivity contribution in [3.63, 3.8) is 0 Å². The molecule has 0 spiro atoms. The Bertz CT molecular complexity index is 328. The van der Waals surface area contributed by atoms with E-state index in [4.69, 9.17) is 0 Å². The number of likely N-dealkylation sites (tertiary alicyclic amines) is 1. The number of hydrogen-bond donors (Lipinski definition) is 1. The van der Waals surface area contributed by atoms with E-state index in [1.54, 1.807) is 0 Å². The van der Waals surface area contributed by atoms with Gasteiger partial charge in [-0.2, -0.15) is 0 Å². The third-order valence-electron chi connectivity index (χ3n) is 4.10. The van der Waals surface area contributed by atoms with Crippen molar-refractivity contribution < 1.29 is 0 Å². The topological polar surface area (TPSA) is 15.3 Å². The van der Waals surface area contributed by atoms with E-state index in [1.165, 1.54) is 50.8 Å². The quantitative estimate of drug-likeness (QED) is 0.870. The number of nitrogens with zero attached hydrogens (tertiary/aromatic N) is 1. The molecule has 106 valence electrons. The first-order valence-electron chi connectivity index (χ1n) is 7.91. The molecule has 0 amide bonds. The monoisotopic (exact) mass is 260 g/mol. The molecule has 2 nitrogen and oxygen atoms in total. The summed E-state index contributed by atoms with van der Waals surface area (Å²) in [7, 11) is 0.